The molecule has 0 bridgehead atoms. The summed E-state index contributed by atoms with van der Waals surface area (Å²) >= 11 is 17.8. The van der Waals surface area contributed by atoms with E-state index in [1.165, 1.54) is 12.1 Å². The number of carbonyl (C=O) groups is 2. The maximum Gasteiger partial charge on any atom is 0.262 e. The second-order valence-electron chi connectivity index (χ2n) is 6.82. The van der Waals surface area contributed by atoms with Gasteiger partial charge in [0.05, 0.1) is 15.1 Å². The number of hydrogen-bond acceptors (Lipinski definition) is 3. The summed E-state index contributed by atoms with van der Waals surface area (Å²) in [5.74, 6) is 0.163. The van der Waals surface area contributed by atoms with Crippen LogP contribution in [0.15, 0.2) is 36.4 Å². The Bertz CT molecular complexity index is 881. The number of anilines is 1. The van der Waals surface area contributed by atoms with E-state index in [2.05, 4.69) is 5.32 Å². The van der Waals surface area contributed by atoms with E-state index in [1.54, 1.807) is 12.1 Å². The van der Waals surface area contributed by atoms with Crippen LogP contribution in [0.2, 0.25) is 15.1 Å². The molecule has 0 unspecified atom stereocenters. The van der Waals surface area contributed by atoms with Gasteiger partial charge in [-0.15, -0.1) is 0 Å². The summed E-state index contributed by atoms with van der Waals surface area (Å²) in [6.07, 6.45) is 3.38. The number of halogens is 3. The SMILES string of the molecule is O=C(COc1cc(Cl)c(Cl)cc1Cl)Nc1ccc(CCC(=O)N2CCCC2)cc1. The maximum absolute atomic E-state index is 12.1. The fourth-order valence-corrected chi connectivity index (χ4v) is 3.68. The maximum atomic E-state index is 12.1. The van der Waals surface area contributed by atoms with Crippen molar-refractivity contribution in [2.45, 2.75) is 25.7 Å². The van der Waals surface area contributed by atoms with Crippen LogP contribution in [0.5, 0.6) is 5.75 Å². The van der Waals surface area contributed by atoms with Gasteiger partial charge in [-0.25, -0.2) is 0 Å². The van der Waals surface area contributed by atoms with Gasteiger partial charge in [-0.05, 0) is 43.0 Å². The number of aryl methyl sites for hydroxylation is 1. The number of nitrogens with one attached hydrogen (secondary N) is 1. The van der Waals surface area contributed by atoms with Gasteiger partial charge in [0.1, 0.15) is 5.75 Å². The number of rotatable bonds is 7. The van der Waals surface area contributed by atoms with Crippen LogP contribution in [-0.4, -0.2) is 36.4 Å². The molecule has 1 fully saturated rings. The zero-order valence-electron chi connectivity index (χ0n) is 15.7. The Morgan fingerprint density at radius 1 is 0.966 bits per heavy atom. The minimum absolute atomic E-state index is 0.206. The molecule has 0 spiro atoms. The second-order valence-corrected chi connectivity index (χ2v) is 8.04. The molecule has 1 aliphatic heterocycles. The number of nitrogens with zero attached hydrogens (tertiary/aromatic N) is 1. The normalized spacial score (nSPS) is 13.4. The summed E-state index contributed by atoms with van der Waals surface area (Å²) in [5, 5.41) is 3.64. The van der Waals surface area contributed by atoms with E-state index in [4.69, 9.17) is 39.5 Å². The topological polar surface area (TPSA) is 58.6 Å². The third-order valence-electron chi connectivity index (χ3n) is 4.66. The first kappa shape index (κ1) is 21.8. The molecule has 1 saturated heterocycles. The molecule has 1 aliphatic rings. The van der Waals surface area contributed by atoms with Crippen LogP contribution in [-0.2, 0) is 16.0 Å². The largest absolute Gasteiger partial charge is 0.482 e. The Labute approximate surface area is 184 Å². The average molecular weight is 456 g/mol. The first-order valence-electron chi connectivity index (χ1n) is 9.36. The molecule has 2 aromatic carbocycles. The average Bonchev–Trinajstić information content (AvgIpc) is 3.24. The van der Waals surface area contributed by atoms with E-state index in [0.717, 1.165) is 31.5 Å². The summed E-state index contributed by atoms with van der Waals surface area (Å²) in [7, 11) is 0. The summed E-state index contributed by atoms with van der Waals surface area (Å²) in [6.45, 7) is 1.53. The highest BCUT2D eigenvalue weighted by atomic mass is 35.5. The lowest BCUT2D eigenvalue weighted by Gasteiger charge is -2.15. The van der Waals surface area contributed by atoms with Gasteiger partial charge in [0, 0.05) is 31.3 Å². The Morgan fingerprint density at radius 3 is 2.31 bits per heavy atom. The van der Waals surface area contributed by atoms with Crippen LogP contribution in [0.3, 0.4) is 0 Å². The van der Waals surface area contributed by atoms with Gasteiger partial charge in [0.15, 0.2) is 6.61 Å². The lowest BCUT2D eigenvalue weighted by Crippen LogP contribution is -2.27. The lowest BCUT2D eigenvalue weighted by molar-refractivity contribution is -0.130. The summed E-state index contributed by atoms with van der Waals surface area (Å²) in [4.78, 5) is 26.1. The predicted octanol–water partition coefficient (Wildman–Crippen LogP) is 5.22. The highest BCUT2D eigenvalue weighted by molar-refractivity contribution is 6.43. The third kappa shape index (κ3) is 6.26. The number of ether oxygens (including phenoxy) is 1. The van der Waals surface area contributed by atoms with Crippen molar-refractivity contribution < 1.29 is 14.3 Å². The Balaban J connectivity index is 1.46. The highest BCUT2D eigenvalue weighted by Crippen LogP contribution is 2.33. The molecule has 154 valence electrons. The molecule has 0 atom stereocenters. The minimum Gasteiger partial charge on any atom is -0.482 e. The van der Waals surface area contributed by atoms with Gasteiger partial charge in [-0.1, -0.05) is 46.9 Å². The number of amides is 2. The van der Waals surface area contributed by atoms with Crippen LogP contribution in [0.25, 0.3) is 0 Å². The molecule has 2 aromatic rings. The number of likely N-dealkylation sites (tertiary alicyclic amines) is 1. The molecule has 8 heteroatoms. The molecule has 0 aromatic heterocycles. The second kappa shape index (κ2) is 10.2. The first-order chi connectivity index (χ1) is 13.9. The summed E-state index contributed by atoms with van der Waals surface area (Å²) in [6, 6.07) is 10.4. The predicted molar refractivity (Wildman–Crippen MR) is 116 cm³/mol. The zero-order chi connectivity index (χ0) is 20.8. The monoisotopic (exact) mass is 454 g/mol. The first-order valence-corrected chi connectivity index (χ1v) is 10.5. The van der Waals surface area contributed by atoms with E-state index < -0.39 is 0 Å². The van der Waals surface area contributed by atoms with E-state index >= 15 is 0 Å². The third-order valence-corrected chi connectivity index (χ3v) is 5.68. The van der Waals surface area contributed by atoms with Crippen molar-refractivity contribution in [3.8, 4) is 5.75 Å². The molecule has 29 heavy (non-hydrogen) atoms. The fourth-order valence-electron chi connectivity index (χ4n) is 3.09. The molecule has 0 radical (unpaired) electrons. The lowest BCUT2D eigenvalue weighted by atomic mass is 10.1. The van der Waals surface area contributed by atoms with Gasteiger partial charge < -0.3 is 15.0 Å². The van der Waals surface area contributed by atoms with Crippen molar-refractivity contribution in [1.82, 2.24) is 4.90 Å². The number of benzene rings is 2. The van der Waals surface area contributed by atoms with Crippen molar-refractivity contribution >= 4 is 52.3 Å². The molecule has 0 saturated carbocycles. The van der Waals surface area contributed by atoms with Gasteiger partial charge in [0.25, 0.3) is 5.91 Å². The molecular formula is C21H21Cl3N2O3. The van der Waals surface area contributed by atoms with Gasteiger partial charge >= 0.3 is 0 Å². The van der Waals surface area contributed by atoms with Crippen LogP contribution in [0, 0.1) is 0 Å². The molecule has 2 amide bonds. The van der Waals surface area contributed by atoms with Crippen LogP contribution < -0.4 is 10.1 Å². The van der Waals surface area contributed by atoms with Gasteiger partial charge in [0.2, 0.25) is 5.91 Å². The standard InChI is InChI=1S/C21H21Cl3N2O3/c22-16-11-18(24)19(12-17(16)23)29-13-20(27)25-15-6-3-14(4-7-15)5-8-21(28)26-9-1-2-10-26/h3-4,6-7,11-12H,1-2,5,8-10,13H2,(H,25,27). The Hall–Kier alpha value is -1.95. The smallest absolute Gasteiger partial charge is 0.262 e. The Kier molecular flexibility index (Phi) is 7.64. The van der Waals surface area contributed by atoms with E-state index in [9.17, 15) is 9.59 Å². The van der Waals surface area contributed by atoms with Crippen molar-refractivity contribution in [2.24, 2.45) is 0 Å². The summed E-state index contributed by atoms with van der Waals surface area (Å²) in [5.41, 5.74) is 1.70. The number of hydrogen-bond donors (Lipinski definition) is 1. The van der Waals surface area contributed by atoms with Crippen LogP contribution in [0.1, 0.15) is 24.8 Å². The molecular weight excluding hydrogens is 435 g/mol. The van der Waals surface area contributed by atoms with Gasteiger partial charge in [-0.3, -0.25) is 9.59 Å². The molecule has 1 heterocycles. The molecule has 1 N–H and O–H groups in total. The fraction of sp³-hybridized carbons (Fsp3) is 0.333. The van der Waals surface area contributed by atoms with Crippen LogP contribution >= 0.6 is 34.8 Å². The van der Waals surface area contributed by atoms with Crippen molar-refractivity contribution in [3.05, 3.63) is 57.0 Å². The van der Waals surface area contributed by atoms with E-state index in [1.807, 2.05) is 17.0 Å². The van der Waals surface area contributed by atoms with E-state index in [-0.39, 0.29) is 29.2 Å². The Morgan fingerprint density at radius 2 is 1.62 bits per heavy atom. The van der Waals surface area contributed by atoms with Crippen molar-refractivity contribution in [1.29, 1.82) is 0 Å². The molecule has 3 rings (SSSR count). The highest BCUT2D eigenvalue weighted by Gasteiger charge is 2.17. The van der Waals surface area contributed by atoms with Gasteiger partial charge in [-0.2, -0.15) is 0 Å². The summed E-state index contributed by atoms with van der Waals surface area (Å²) < 4.78 is 5.41. The van der Waals surface area contributed by atoms with E-state index in [0.29, 0.717) is 28.6 Å². The van der Waals surface area contributed by atoms with Crippen molar-refractivity contribution in [2.75, 3.05) is 25.0 Å². The minimum atomic E-state index is -0.330. The number of carbonyl (C=O) groups excluding carboxylic acids is 2. The zero-order valence-corrected chi connectivity index (χ0v) is 18.0. The molecule has 5 nitrogen and oxygen atoms in total. The van der Waals surface area contributed by atoms with Crippen molar-refractivity contribution in [3.63, 3.8) is 0 Å². The molecule has 0 aliphatic carbocycles. The quantitative estimate of drug-likeness (QED) is 0.582. The van der Waals surface area contributed by atoms with Crippen LogP contribution in [0.4, 0.5) is 5.69 Å².